The van der Waals surface area contributed by atoms with Gasteiger partial charge in [-0.1, -0.05) is 27.7 Å². The summed E-state index contributed by atoms with van der Waals surface area (Å²) in [4.78, 5) is 14.9. The highest BCUT2D eigenvalue weighted by Gasteiger charge is 2.72. The van der Waals surface area contributed by atoms with Crippen LogP contribution in [0.3, 0.4) is 0 Å². The number of aliphatic hydroxyl groups is 14. The summed E-state index contributed by atoms with van der Waals surface area (Å²) in [5.41, 5.74) is -0.775. The first kappa shape index (κ1) is 62.2. The average molecular weight is 1180 g/mol. The highest BCUT2D eigenvalue weighted by Crippen LogP contribution is 2.70. The summed E-state index contributed by atoms with van der Waals surface area (Å²) < 4.78 is 72.9. The molecular weight excluding hydrogens is 1090 g/mol. The molecule has 11 aliphatic rings. The highest BCUT2D eigenvalue weighted by molar-refractivity contribution is 5.87. The minimum Gasteiger partial charge on any atom is -0.394 e. The minimum atomic E-state index is -2.10. The first-order valence-electron chi connectivity index (χ1n) is 29.6. The molecule has 27 heteroatoms. The molecule has 82 heavy (non-hydrogen) atoms. The van der Waals surface area contributed by atoms with Gasteiger partial charge < -0.3 is 128 Å². The molecule has 11 rings (SSSR count). The van der Waals surface area contributed by atoms with Gasteiger partial charge in [0, 0.05) is 30.1 Å². The summed E-state index contributed by atoms with van der Waals surface area (Å²) in [7, 11) is 0. The number of fused-ring (bicyclic) bond motifs is 7. The number of ketones is 1. The number of hydrogen-bond donors (Lipinski definition) is 14. The molecule has 4 saturated carbocycles. The van der Waals surface area contributed by atoms with E-state index in [1.54, 1.807) is 0 Å². The second-order valence-corrected chi connectivity index (χ2v) is 26.1. The zero-order valence-electron chi connectivity index (χ0n) is 46.7. The van der Waals surface area contributed by atoms with E-state index in [1.165, 1.54) is 0 Å². The smallest absolute Gasteiger partial charge is 0.187 e. The van der Waals surface area contributed by atoms with Crippen molar-refractivity contribution >= 4 is 5.78 Å². The van der Waals surface area contributed by atoms with E-state index in [0.29, 0.717) is 44.1 Å². The molecule has 14 N–H and O–H groups in total. The molecule has 0 amide bonds. The Balaban J connectivity index is 0.803. The van der Waals surface area contributed by atoms with E-state index in [2.05, 4.69) is 27.7 Å². The number of rotatable bonds is 13. The Bertz CT molecular complexity index is 2180. The molecule has 35 atom stereocenters. The lowest BCUT2D eigenvalue weighted by atomic mass is 9.44. The van der Waals surface area contributed by atoms with E-state index in [9.17, 15) is 76.3 Å². The van der Waals surface area contributed by atoms with Crippen LogP contribution in [0.15, 0.2) is 0 Å². The van der Waals surface area contributed by atoms with E-state index in [4.69, 9.17) is 56.8 Å². The van der Waals surface area contributed by atoms with Crippen LogP contribution in [0.1, 0.15) is 85.5 Å². The van der Waals surface area contributed by atoms with Crippen molar-refractivity contribution in [2.24, 2.45) is 52.3 Å². The Morgan fingerprint density at radius 2 is 1.09 bits per heavy atom. The van der Waals surface area contributed by atoms with E-state index in [-0.39, 0.29) is 46.9 Å². The summed E-state index contributed by atoms with van der Waals surface area (Å²) >= 11 is 0. The monoisotopic (exact) mass is 1180 g/mol. The van der Waals surface area contributed by atoms with Crippen LogP contribution in [-0.4, -0.2) is 276 Å². The van der Waals surface area contributed by atoms with Crippen molar-refractivity contribution in [3.8, 4) is 0 Å². The SMILES string of the molecule is C[C@@H]1CC[C@]2(OC1)O[C@H]1C[C@@H]3[C@H]4CC[C@@H]5C[C@H](O[C@H]6O[C@@H](CO)[C@H](O[C@H]7OC[C@H](O)[C@@H](O)[C@@H]7O)[C@@H](O)[C@@H]6O[C@H]6O[C@@H](CO)[C@H](O)[C@@H](O[C@H]7O[C@@H](CO)[C@H](O[C@H]8OC[C@H](O)[C@@H](O)[C@@H]8O)[C@@H](O)[C@@H]7O)[C@@H]6O)CC[C@]5(C)[C@H]4CC(=O)[C@]3(C)[C@H]1[C@@H]2C. The fraction of sp³-hybridized carbons (Fsp3) is 0.982. The first-order valence-corrected chi connectivity index (χ1v) is 29.6. The predicted octanol–water partition coefficient (Wildman–Crippen LogP) is -4.63. The zero-order chi connectivity index (χ0) is 58.6. The first-order chi connectivity index (χ1) is 39.0. The van der Waals surface area contributed by atoms with Crippen molar-refractivity contribution in [3.05, 3.63) is 0 Å². The van der Waals surface area contributed by atoms with Crippen LogP contribution in [0.25, 0.3) is 0 Å². The number of ether oxygens (including phenoxy) is 12. The number of carbonyl (C=O) groups is 1. The van der Waals surface area contributed by atoms with Gasteiger partial charge in [-0.25, -0.2) is 0 Å². The summed E-state index contributed by atoms with van der Waals surface area (Å²) in [6, 6.07) is 0. The van der Waals surface area contributed by atoms with Crippen molar-refractivity contribution in [1.29, 1.82) is 0 Å². The van der Waals surface area contributed by atoms with Gasteiger partial charge in [0.25, 0.3) is 0 Å². The molecule has 0 unspecified atom stereocenters. The van der Waals surface area contributed by atoms with Gasteiger partial charge in [0.05, 0.1) is 51.8 Å². The highest BCUT2D eigenvalue weighted by atomic mass is 16.8. The molecule has 4 aliphatic carbocycles. The number of aliphatic hydroxyl groups excluding tert-OH is 14. The van der Waals surface area contributed by atoms with Crippen LogP contribution in [0.4, 0.5) is 0 Å². The third-order valence-electron chi connectivity index (χ3n) is 21.6. The van der Waals surface area contributed by atoms with Gasteiger partial charge in [-0.15, -0.1) is 0 Å². The van der Waals surface area contributed by atoms with Crippen molar-refractivity contribution in [2.75, 3.05) is 39.6 Å². The molecule has 1 spiro atoms. The maximum Gasteiger partial charge on any atom is 0.187 e. The normalized spacial score (nSPS) is 57.0. The summed E-state index contributed by atoms with van der Waals surface area (Å²) in [5, 5.41) is 152. The largest absolute Gasteiger partial charge is 0.394 e. The number of carbonyl (C=O) groups excluding carboxylic acids is 1. The Morgan fingerprint density at radius 1 is 0.524 bits per heavy atom. The van der Waals surface area contributed by atoms with Crippen LogP contribution in [-0.2, 0) is 61.6 Å². The van der Waals surface area contributed by atoms with Gasteiger partial charge in [0.2, 0.25) is 0 Å². The van der Waals surface area contributed by atoms with E-state index in [0.717, 1.165) is 32.1 Å². The number of hydrogen-bond acceptors (Lipinski definition) is 27. The van der Waals surface area contributed by atoms with Gasteiger partial charge in [-0.05, 0) is 80.0 Å². The third kappa shape index (κ3) is 10.7. The molecule has 0 radical (unpaired) electrons. The number of Topliss-reactive ketones (excluding diaryl/α,β-unsaturated/α-hetero) is 1. The lowest BCUT2D eigenvalue weighted by molar-refractivity contribution is -0.400. The quantitative estimate of drug-likeness (QED) is 0.0772. The second kappa shape index (κ2) is 24.2. The molecule has 7 heterocycles. The molecule has 7 saturated heterocycles. The molecular formula is C55H88O27. The van der Waals surface area contributed by atoms with Crippen LogP contribution in [0.2, 0.25) is 0 Å². The molecule has 7 aliphatic heterocycles. The van der Waals surface area contributed by atoms with Crippen LogP contribution < -0.4 is 0 Å². The topological polar surface area (TPSA) is 411 Å². The van der Waals surface area contributed by atoms with Crippen LogP contribution >= 0.6 is 0 Å². The van der Waals surface area contributed by atoms with E-state index < -0.39 is 192 Å². The van der Waals surface area contributed by atoms with Crippen LogP contribution in [0, 0.1) is 52.3 Å². The fourth-order valence-corrected chi connectivity index (χ4v) is 16.8. The standard InChI is InChI=1S/C55H88O27/c1-20-7-10-55(73-17-20)21(2)34-29(82-55)12-26-24-6-5-22-11-23(8-9-53(22,3)25(24)13-33(61)54(26,34)4)74-52-47(42(69)45(32(16-58)77-52)79-49-40(67)36(63)28(60)19-72-49)81-51-43(70)46(37(64)30(14-56)75-51)80-50-41(68)38(65)44(31(15-57)76-50)78-48-39(66)35(62)27(59)18-71-48/h20-32,34-52,56-60,62-70H,5-19H2,1-4H3/t20-,21+,22-,23-,24+,25+,26-,27+,28+,29+,30+,31+,32+,34+,35-,36-,37+,38+,39+,40+,41+,42-,43+,44+,45+,46-,47+,48-,49-,50-,51-,52+,53+,54-,55+/m1/s1. The maximum atomic E-state index is 14.9. The van der Waals surface area contributed by atoms with Gasteiger partial charge >= 0.3 is 0 Å². The lowest BCUT2D eigenvalue weighted by Crippen LogP contribution is -2.68. The molecule has 0 bridgehead atoms. The Kier molecular flexibility index (Phi) is 18.4. The van der Waals surface area contributed by atoms with E-state index >= 15 is 0 Å². The van der Waals surface area contributed by atoms with Crippen molar-refractivity contribution in [1.82, 2.24) is 0 Å². The van der Waals surface area contributed by atoms with E-state index in [1.807, 2.05) is 0 Å². The van der Waals surface area contributed by atoms with Crippen LogP contribution in [0.5, 0.6) is 0 Å². The third-order valence-corrected chi connectivity index (χ3v) is 21.6. The molecule has 0 aromatic carbocycles. The van der Waals surface area contributed by atoms with Gasteiger partial charge in [-0.2, -0.15) is 0 Å². The van der Waals surface area contributed by atoms with Gasteiger partial charge in [0.1, 0.15) is 116 Å². The predicted molar refractivity (Wildman–Crippen MR) is 269 cm³/mol. The lowest BCUT2D eigenvalue weighted by Gasteiger charge is -2.61. The average Bonchev–Trinajstić information content (AvgIpc) is 1.59. The Morgan fingerprint density at radius 3 is 1.70 bits per heavy atom. The summed E-state index contributed by atoms with van der Waals surface area (Å²) in [6.45, 7) is 5.95. The van der Waals surface area contributed by atoms with Crippen molar-refractivity contribution in [3.63, 3.8) is 0 Å². The molecule has 11 fully saturated rings. The van der Waals surface area contributed by atoms with Crippen molar-refractivity contribution < 1.29 is 133 Å². The minimum absolute atomic E-state index is 0.0568. The molecule has 27 nitrogen and oxygen atoms in total. The summed E-state index contributed by atoms with van der Waals surface area (Å²) in [5.74, 6) is 0.909. The van der Waals surface area contributed by atoms with Gasteiger partial charge in [0.15, 0.2) is 37.2 Å². The zero-order valence-corrected chi connectivity index (χ0v) is 46.7. The Hall–Kier alpha value is -1.37. The molecule has 0 aromatic rings. The second-order valence-electron chi connectivity index (χ2n) is 26.1. The maximum absolute atomic E-state index is 14.9. The fourth-order valence-electron chi connectivity index (χ4n) is 16.8. The molecule has 0 aromatic heterocycles. The van der Waals surface area contributed by atoms with Gasteiger partial charge in [-0.3, -0.25) is 4.79 Å². The molecule has 470 valence electrons. The van der Waals surface area contributed by atoms with Crippen molar-refractivity contribution in [2.45, 2.75) is 245 Å². The Labute approximate surface area is 474 Å². The summed E-state index contributed by atoms with van der Waals surface area (Å²) in [6.07, 6.45) is -34.4.